The highest BCUT2D eigenvalue weighted by Crippen LogP contribution is 2.32. The van der Waals surface area contributed by atoms with Crippen LogP contribution >= 0.6 is 0 Å². The Morgan fingerprint density at radius 2 is 2.21 bits per heavy atom. The van der Waals surface area contributed by atoms with Crippen LogP contribution in [-0.2, 0) is 6.54 Å². The number of nitrogens with zero attached hydrogens (tertiary/aromatic N) is 4. The fourth-order valence-corrected chi connectivity index (χ4v) is 2.07. The van der Waals surface area contributed by atoms with Crippen molar-refractivity contribution in [2.75, 3.05) is 7.11 Å². The first-order chi connectivity index (χ1) is 9.33. The molecule has 1 aromatic carbocycles. The molecule has 0 aliphatic rings. The fourth-order valence-electron chi connectivity index (χ4n) is 2.07. The van der Waals surface area contributed by atoms with Gasteiger partial charge in [0, 0.05) is 18.3 Å². The first-order valence-electron chi connectivity index (χ1n) is 5.87. The van der Waals surface area contributed by atoms with Crippen LogP contribution in [0.4, 0.5) is 0 Å². The number of nitrogens with two attached hydrogens (primary N) is 1. The molecule has 0 fully saturated rings. The van der Waals surface area contributed by atoms with E-state index in [0.717, 1.165) is 22.6 Å². The lowest BCUT2D eigenvalue weighted by Crippen LogP contribution is -2.02. The topological polar surface area (TPSA) is 78.3 Å². The molecule has 2 N–H and O–H groups in total. The van der Waals surface area contributed by atoms with Crippen molar-refractivity contribution < 1.29 is 4.74 Å². The fraction of sp³-hybridized carbons (Fsp3) is 0.154. The van der Waals surface area contributed by atoms with Crippen molar-refractivity contribution in [2.45, 2.75) is 6.54 Å². The Morgan fingerprint density at radius 3 is 3.00 bits per heavy atom. The van der Waals surface area contributed by atoms with Crippen molar-refractivity contribution >= 4 is 5.65 Å². The average molecular weight is 255 g/mol. The highest BCUT2D eigenvalue weighted by atomic mass is 16.5. The van der Waals surface area contributed by atoms with Crippen LogP contribution in [0.25, 0.3) is 16.9 Å². The summed E-state index contributed by atoms with van der Waals surface area (Å²) in [5, 5.41) is 7.70. The second-order valence-corrected chi connectivity index (χ2v) is 4.05. The zero-order chi connectivity index (χ0) is 13.2. The Morgan fingerprint density at radius 1 is 1.32 bits per heavy atom. The van der Waals surface area contributed by atoms with E-state index < -0.39 is 0 Å². The van der Waals surface area contributed by atoms with Gasteiger partial charge in [-0.1, -0.05) is 17.3 Å². The normalized spacial score (nSPS) is 10.8. The summed E-state index contributed by atoms with van der Waals surface area (Å²) in [6.45, 7) is 0.427. The third-order valence-corrected chi connectivity index (χ3v) is 2.97. The van der Waals surface area contributed by atoms with E-state index in [-0.39, 0.29) is 0 Å². The lowest BCUT2D eigenvalue weighted by molar-refractivity contribution is 0.416. The number of ether oxygens (including phenoxy) is 1. The molecular formula is C13H13N5O. The monoisotopic (exact) mass is 255 g/mol. The minimum absolute atomic E-state index is 0.427. The minimum atomic E-state index is 0.427. The summed E-state index contributed by atoms with van der Waals surface area (Å²) in [6.07, 6.45) is 3.43. The van der Waals surface area contributed by atoms with Crippen LogP contribution in [0.3, 0.4) is 0 Å². The molecule has 0 aliphatic heterocycles. The van der Waals surface area contributed by atoms with Gasteiger partial charge in [0.15, 0.2) is 5.65 Å². The molecule has 0 amide bonds. The lowest BCUT2D eigenvalue weighted by Gasteiger charge is -2.12. The van der Waals surface area contributed by atoms with E-state index >= 15 is 0 Å². The minimum Gasteiger partial charge on any atom is -0.496 e. The molecular weight excluding hydrogens is 242 g/mol. The third kappa shape index (κ3) is 1.92. The van der Waals surface area contributed by atoms with Gasteiger partial charge < -0.3 is 10.5 Å². The standard InChI is InChI=1S/C13H13N5O/c1-19-11-4-2-3-9(7-14)13(11)10-5-6-18-12(16-10)8-15-17-18/h2-6,8H,7,14H2,1H3. The lowest BCUT2D eigenvalue weighted by atomic mass is 10.0. The van der Waals surface area contributed by atoms with Crippen molar-refractivity contribution in [3.63, 3.8) is 0 Å². The molecule has 0 spiro atoms. The van der Waals surface area contributed by atoms with Crippen LogP contribution in [-0.4, -0.2) is 26.9 Å². The van der Waals surface area contributed by atoms with Gasteiger partial charge in [-0.25, -0.2) is 9.50 Å². The van der Waals surface area contributed by atoms with Crippen LogP contribution in [0.5, 0.6) is 5.75 Å². The zero-order valence-electron chi connectivity index (χ0n) is 10.4. The van der Waals surface area contributed by atoms with E-state index in [4.69, 9.17) is 10.5 Å². The molecule has 3 rings (SSSR count). The first kappa shape index (κ1) is 11.6. The molecule has 0 bridgehead atoms. The van der Waals surface area contributed by atoms with E-state index in [1.807, 2.05) is 30.5 Å². The van der Waals surface area contributed by atoms with Crippen LogP contribution in [0.2, 0.25) is 0 Å². The molecule has 96 valence electrons. The van der Waals surface area contributed by atoms with E-state index in [1.165, 1.54) is 0 Å². The van der Waals surface area contributed by atoms with E-state index in [2.05, 4.69) is 15.3 Å². The summed E-state index contributed by atoms with van der Waals surface area (Å²) in [5.74, 6) is 0.757. The Kier molecular flexibility index (Phi) is 2.85. The SMILES string of the molecule is COc1cccc(CN)c1-c1ccn2nncc2n1. The molecule has 0 radical (unpaired) electrons. The van der Waals surface area contributed by atoms with Gasteiger partial charge in [0.25, 0.3) is 0 Å². The van der Waals surface area contributed by atoms with Gasteiger partial charge in [-0.2, -0.15) is 0 Å². The smallest absolute Gasteiger partial charge is 0.176 e. The summed E-state index contributed by atoms with van der Waals surface area (Å²) in [5.41, 5.74) is 9.18. The molecule has 0 saturated heterocycles. The number of rotatable bonds is 3. The highest BCUT2D eigenvalue weighted by Gasteiger charge is 2.12. The van der Waals surface area contributed by atoms with Crippen molar-refractivity contribution in [3.8, 4) is 17.0 Å². The van der Waals surface area contributed by atoms with Gasteiger partial charge in [0.1, 0.15) is 5.75 Å². The Bertz CT molecular complexity index is 700. The Labute approximate surface area is 109 Å². The Hall–Kier alpha value is -2.47. The van der Waals surface area contributed by atoms with Gasteiger partial charge in [-0.3, -0.25) is 0 Å². The van der Waals surface area contributed by atoms with Crippen LogP contribution in [0, 0.1) is 0 Å². The number of hydrogen-bond acceptors (Lipinski definition) is 5. The Balaban J connectivity index is 2.24. The predicted octanol–water partition coefficient (Wildman–Crippen LogP) is 1.26. The molecule has 3 aromatic rings. The van der Waals surface area contributed by atoms with Crippen molar-refractivity contribution in [2.24, 2.45) is 5.73 Å². The van der Waals surface area contributed by atoms with E-state index in [1.54, 1.807) is 17.8 Å². The molecule has 6 nitrogen and oxygen atoms in total. The maximum atomic E-state index is 5.79. The van der Waals surface area contributed by atoms with Gasteiger partial charge >= 0.3 is 0 Å². The van der Waals surface area contributed by atoms with Crippen LogP contribution in [0.15, 0.2) is 36.7 Å². The zero-order valence-corrected chi connectivity index (χ0v) is 10.4. The molecule has 0 saturated carbocycles. The van der Waals surface area contributed by atoms with Crippen LogP contribution in [0.1, 0.15) is 5.56 Å². The van der Waals surface area contributed by atoms with Crippen LogP contribution < -0.4 is 10.5 Å². The van der Waals surface area contributed by atoms with E-state index in [9.17, 15) is 0 Å². The number of benzene rings is 1. The summed E-state index contributed by atoms with van der Waals surface area (Å²) >= 11 is 0. The molecule has 0 unspecified atom stereocenters. The quantitative estimate of drug-likeness (QED) is 0.762. The van der Waals surface area contributed by atoms with Gasteiger partial charge in [0.05, 0.1) is 19.0 Å². The summed E-state index contributed by atoms with van der Waals surface area (Å²) < 4.78 is 7.01. The molecule has 19 heavy (non-hydrogen) atoms. The predicted molar refractivity (Wildman–Crippen MR) is 70.7 cm³/mol. The average Bonchev–Trinajstić information content (AvgIpc) is 2.93. The molecule has 2 heterocycles. The molecule has 0 atom stereocenters. The number of hydrogen-bond donors (Lipinski definition) is 1. The number of aromatic nitrogens is 4. The second kappa shape index (κ2) is 4.66. The van der Waals surface area contributed by atoms with Gasteiger partial charge in [-0.05, 0) is 17.7 Å². The van der Waals surface area contributed by atoms with Crippen molar-refractivity contribution in [1.82, 2.24) is 19.8 Å². The van der Waals surface area contributed by atoms with Gasteiger partial charge in [-0.15, -0.1) is 5.10 Å². The molecule has 2 aromatic heterocycles. The summed E-state index contributed by atoms with van der Waals surface area (Å²) in [6, 6.07) is 7.66. The second-order valence-electron chi connectivity index (χ2n) is 4.05. The maximum absolute atomic E-state index is 5.79. The molecule has 6 heteroatoms. The first-order valence-corrected chi connectivity index (χ1v) is 5.87. The van der Waals surface area contributed by atoms with Crippen molar-refractivity contribution in [1.29, 1.82) is 0 Å². The summed E-state index contributed by atoms with van der Waals surface area (Å²) in [7, 11) is 1.64. The number of fused-ring (bicyclic) bond motifs is 1. The largest absolute Gasteiger partial charge is 0.496 e. The maximum Gasteiger partial charge on any atom is 0.176 e. The van der Waals surface area contributed by atoms with E-state index in [0.29, 0.717) is 12.2 Å². The molecule has 0 aliphatic carbocycles. The summed E-state index contributed by atoms with van der Waals surface area (Å²) in [4.78, 5) is 4.53. The number of methoxy groups -OCH3 is 1. The van der Waals surface area contributed by atoms with Gasteiger partial charge in [0.2, 0.25) is 0 Å². The highest BCUT2D eigenvalue weighted by molar-refractivity contribution is 5.72. The van der Waals surface area contributed by atoms with Crippen molar-refractivity contribution in [3.05, 3.63) is 42.2 Å². The third-order valence-electron chi connectivity index (χ3n) is 2.97.